The summed E-state index contributed by atoms with van der Waals surface area (Å²) in [4.78, 5) is 0.138. The summed E-state index contributed by atoms with van der Waals surface area (Å²) in [6.07, 6.45) is 0. The minimum Gasteiger partial charge on any atom is -0.435 e. The van der Waals surface area contributed by atoms with Crippen LogP contribution in [0.1, 0.15) is 30.9 Å². The zero-order valence-corrected chi connectivity index (χ0v) is 14.4. The molecule has 2 aromatic rings. The maximum atomic E-state index is 12.4. The van der Waals surface area contributed by atoms with Gasteiger partial charge in [0.25, 0.3) is 10.0 Å². The molecule has 2 aromatic carbocycles. The van der Waals surface area contributed by atoms with E-state index in [1.54, 1.807) is 31.2 Å². The Bertz CT molecular complexity index is 803. The van der Waals surface area contributed by atoms with Crippen molar-refractivity contribution in [3.63, 3.8) is 0 Å². The summed E-state index contributed by atoms with van der Waals surface area (Å²) < 4.78 is 56.0. The Hall–Kier alpha value is -2.15. The van der Waals surface area contributed by atoms with Gasteiger partial charge in [0.05, 0.1) is 10.6 Å². The van der Waals surface area contributed by atoms with Crippen LogP contribution in [0.2, 0.25) is 0 Å². The number of rotatable bonds is 6. The Morgan fingerprint density at radius 1 is 1.04 bits per heavy atom. The summed E-state index contributed by atoms with van der Waals surface area (Å²) in [6.45, 7) is 2.73. The quantitative estimate of drug-likeness (QED) is 0.829. The number of aryl methyl sites for hydroxylation is 1. The van der Waals surface area contributed by atoms with Crippen LogP contribution in [0.25, 0.3) is 0 Å². The minimum atomic E-state index is -3.75. The number of nitrogens with one attached hydrogen (secondary N) is 1. The van der Waals surface area contributed by atoms with Crippen LogP contribution < -0.4 is 9.46 Å². The zero-order chi connectivity index (χ0) is 17.9. The molecular weight excluding hydrogens is 336 g/mol. The highest BCUT2D eigenvalue weighted by molar-refractivity contribution is 7.92. The predicted molar refractivity (Wildman–Crippen MR) is 89.2 cm³/mol. The summed E-state index contributed by atoms with van der Waals surface area (Å²) in [5.41, 5.74) is 1.83. The summed E-state index contributed by atoms with van der Waals surface area (Å²) in [6, 6.07) is 10.7. The van der Waals surface area contributed by atoms with E-state index in [0.717, 1.165) is 5.56 Å². The number of benzene rings is 2. The van der Waals surface area contributed by atoms with Crippen LogP contribution in [0.15, 0.2) is 47.4 Å². The standard InChI is InChI=1S/C17H19F2NO3S/c1-11(2)13-4-7-15(8-5-13)24(21,22)20-16-9-6-14(10-12(16)3)23-17(18)19/h4-11,17,20H,1-3H3. The molecular formula is C17H19F2NO3S. The molecule has 0 radical (unpaired) electrons. The zero-order valence-electron chi connectivity index (χ0n) is 13.6. The highest BCUT2D eigenvalue weighted by atomic mass is 32.2. The lowest BCUT2D eigenvalue weighted by molar-refractivity contribution is -0.0498. The van der Waals surface area contributed by atoms with Gasteiger partial charge in [0, 0.05) is 0 Å². The van der Waals surface area contributed by atoms with E-state index in [0.29, 0.717) is 17.2 Å². The molecule has 2 rings (SSSR count). The Kier molecular flexibility index (Phi) is 5.43. The Morgan fingerprint density at radius 3 is 2.17 bits per heavy atom. The Balaban J connectivity index is 2.22. The van der Waals surface area contributed by atoms with Gasteiger partial charge in [-0.05, 0) is 54.3 Å². The number of alkyl halides is 2. The first-order valence-corrected chi connectivity index (χ1v) is 8.85. The van der Waals surface area contributed by atoms with E-state index < -0.39 is 16.6 Å². The maximum absolute atomic E-state index is 12.4. The highest BCUT2D eigenvalue weighted by Gasteiger charge is 2.16. The molecule has 0 aliphatic rings. The van der Waals surface area contributed by atoms with Gasteiger partial charge in [-0.3, -0.25) is 4.72 Å². The van der Waals surface area contributed by atoms with Crippen molar-refractivity contribution in [2.45, 2.75) is 38.2 Å². The number of anilines is 1. The van der Waals surface area contributed by atoms with Crippen molar-refractivity contribution in [1.29, 1.82) is 0 Å². The van der Waals surface area contributed by atoms with Gasteiger partial charge < -0.3 is 4.74 Å². The molecule has 0 aliphatic carbocycles. The van der Waals surface area contributed by atoms with Gasteiger partial charge in [0.1, 0.15) is 5.75 Å². The second-order valence-electron chi connectivity index (χ2n) is 5.68. The van der Waals surface area contributed by atoms with Crippen LogP contribution in [0.4, 0.5) is 14.5 Å². The lowest BCUT2D eigenvalue weighted by Crippen LogP contribution is -2.14. The van der Waals surface area contributed by atoms with Crippen molar-refractivity contribution in [3.05, 3.63) is 53.6 Å². The van der Waals surface area contributed by atoms with Gasteiger partial charge in [-0.15, -0.1) is 0 Å². The molecule has 0 aromatic heterocycles. The van der Waals surface area contributed by atoms with Crippen molar-refractivity contribution in [2.24, 2.45) is 0 Å². The maximum Gasteiger partial charge on any atom is 0.387 e. The third kappa shape index (κ3) is 4.44. The van der Waals surface area contributed by atoms with E-state index >= 15 is 0 Å². The van der Waals surface area contributed by atoms with Crippen LogP contribution >= 0.6 is 0 Å². The van der Waals surface area contributed by atoms with E-state index in [2.05, 4.69) is 9.46 Å². The van der Waals surface area contributed by atoms with E-state index in [1.807, 2.05) is 13.8 Å². The number of ether oxygens (including phenoxy) is 1. The van der Waals surface area contributed by atoms with E-state index in [9.17, 15) is 17.2 Å². The largest absolute Gasteiger partial charge is 0.435 e. The second kappa shape index (κ2) is 7.17. The number of hydrogen-bond acceptors (Lipinski definition) is 3. The molecule has 0 aliphatic heterocycles. The molecule has 0 saturated carbocycles. The van der Waals surface area contributed by atoms with Crippen molar-refractivity contribution >= 4 is 15.7 Å². The number of hydrogen-bond donors (Lipinski definition) is 1. The van der Waals surface area contributed by atoms with E-state index in [-0.39, 0.29) is 10.6 Å². The third-order valence-electron chi connectivity index (χ3n) is 3.52. The minimum absolute atomic E-state index is 0.0215. The third-order valence-corrected chi connectivity index (χ3v) is 4.91. The first-order valence-electron chi connectivity index (χ1n) is 7.37. The Morgan fingerprint density at radius 2 is 1.67 bits per heavy atom. The normalized spacial score (nSPS) is 11.8. The highest BCUT2D eigenvalue weighted by Crippen LogP contribution is 2.25. The van der Waals surface area contributed by atoms with Crippen LogP contribution in [0.3, 0.4) is 0 Å². The molecule has 0 unspecified atom stereocenters. The number of sulfonamides is 1. The fourth-order valence-electron chi connectivity index (χ4n) is 2.16. The molecule has 0 fully saturated rings. The van der Waals surface area contributed by atoms with Crippen LogP contribution in [-0.2, 0) is 10.0 Å². The van der Waals surface area contributed by atoms with Crippen molar-refractivity contribution in [3.8, 4) is 5.75 Å². The summed E-state index contributed by atoms with van der Waals surface area (Å²) >= 11 is 0. The molecule has 0 atom stereocenters. The van der Waals surface area contributed by atoms with Gasteiger partial charge >= 0.3 is 6.61 Å². The first kappa shape index (κ1) is 18.2. The Labute approximate surface area is 140 Å². The molecule has 0 amide bonds. The summed E-state index contributed by atoms with van der Waals surface area (Å²) in [7, 11) is -3.75. The topological polar surface area (TPSA) is 55.4 Å². The molecule has 130 valence electrons. The van der Waals surface area contributed by atoms with Gasteiger partial charge in [-0.25, -0.2) is 8.42 Å². The fraction of sp³-hybridized carbons (Fsp3) is 0.294. The van der Waals surface area contributed by atoms with Crippen molar-refractivity contribution < 1.29 is 21.9 Å². The molecule has 0 bridgehead atoms. The molecule has 7 heteroatoms. The molecule has 24 heavy (non-hydrogen) atoms. The number of halogens is 2. The molecule has 4 nitrogen and oxygen atoms in total. The first-order chi connectivity index (χ1) is 11.2. The summed E-state index contributed by atoms with van der Waals surface area (Å²) in [5, 5.41) is 0. The van der Waals surface area contributed by atoms with Crippen molar-refractivity contribution in [1.82, 2.24) is 0 Å². The van der Waals surface area contributed by atoms with E-state index in [4.69, 9.17) is 0 Å². The van der Waals surface area contributed by atoms with Crippen molar-refractivity contribution in [2.75, 3.05) is 4.72 Å². The second-order valence-corrected chi connectivity index (χ2v) is 7.37. The monoisotopic (exact) mass is 355 g/mol. The lowest BCUT2D eigenvalue weighted by Gasteiger charge is -2.13. The lowest BCUT2D eigenvalue weighted by atomic mass is 10.0. The predicted octanol–water partition coefficient (Wildman–Crippen LogP) is 4.52. The van der Waals surface area contributed by atoms with Gasteiger partial charge in [0.2, 0.25) is 0 Å². The molecule has 0 spiro atoms. The van der Waals surface area contributed by atoms with Crippen LogP contribution in [0.5, 0.6) is 5.75 Å². The van der Waals surface area contributed by atoms with Gasteiger partial charge in [-0.2, -0.15) is 8.78 Å². The van der Waals surface area contributed by atoms with Crippen LogP contribution in [0, 0.1) is 6.92 Å². The molecule has 0 saturated heterocycles. The van der Waals surface area contributed by atoms with Crippen LogP contribution in [-0.4, -0.2) is 15.0 Å². The van der Waals surface area contributed by atoms with Gasteiger partial charge in [-0.1, -0.05) is 26.0 Å². The van der Waals surface area contributed by atoms with Gasteiger partial charge in [0.15, 0.2) is 0 Å². The average molecular weight is 355 g/mol. The summed E-state index contributed by atoms with van der Waals surface area (Å²) in [5.74, 6) is 0.283. The SMILES string of the molecule is Cc1cc(OC(F)F)ccc1NS(=O)(=O)c1ccc(C(C)C)cc1. The smallest absolute Gasteiger partial charge is 0.387 e. The average Bonchev–Trinajstić information content (AvgIpc) is 2.49. The molecule has 1 N–H and O–H groups in total. The van der Waals surface area contributed by atoms with E-state index in [1.165, 1.54) is 18.2 Å². The molecule has 0 heterocycles. The fourth-order valence-corrected chi connectivity index (χ4v) is 3.29.